The minimum absolute atomic E-state index is 0.00225. The Hall–Kier alpha value is -2.58. The zero-order valence-electron chi connectivity index (χ0n) is 15.8. The van der Waals surface area contributed by atoms with Crippen LogP contribution in [0.5, 0.6) is 11.5 Å². The predicted octanol–water partition coefficient (Wildman–Crippen LogP) is 1.87. The van der Waals surface area contributed by atoms with Crippen LogP contribution in [-0.2, 0) is 21.2 Å². The van der Waals surface area contributed by atoms with Gasteiger partial charge in [-0.1, -0.05) is 30.3 Å². The molecule has 3 rings (SSSR count). The third-order valence-electron chi connectivity index (χ3n) is 4.49. The third-order valence-corrected chi connectivity index (χ3v) is 5.95. The second kappa shape index (κ2) is 8.62. The largest absolute Gasteiger partial charge is 0.493 e. The Morgan fingerprint density at radius 1 is 1.07 bits per heavy atom. The highest BCUT2D eigenvalue weighted by Crippen LogP contribution is 2.29. The van der Waals surface area contributed by atoms with E-state index in [1.165, 1.54) is 32.4 Å². The van der Waals surface area contributed by atoms with E-state index in [1.807, 2.05) is 30.3 Å². The SMILES string of the molecule is COc1ccc(S(=O)(=O)N[C@@H](Cc2ccccc2)C(=O)NC2CC2)cc1OC. The molecule has 1 atom stereocenters. The van der Waals surface area contributed by atoms with Gasteiger partial charge in [0.05, 0.1) is 19.1 Å². The van der Waals surface area contributed by atoms with Gasteiger partial charge in [0.1, 0.15) is 6.04 Å². The molecule has 7 nitrogen and oxygen atoms in total. The zero-order valence-corrected chi connectivity index (χ0v) is 16.7. The van der Waals surface area contributed by atoms with Gasteiger partial charge in [0.2, 0.25) is 15.9 Å². The number of amides is 1. The lowest BCUT2D eigenvalue weighted by atomic mass is 10.1. The van der Waals surface area contributed by atoms with Crippen LogP contribution in [0.1, 0.15) is 18.4 Å². The summed E-state index contributed by atoms with van der Waals surface area (Å²) in [5, 5.41) is 2.88. The van der Waals surface area contributed by atoms with Crippen LogP contribution in [0.2, 0.25) is 0 Å². The monoisotopic (exact) mass is 404 g/mol. The van der Waals surface area contributed by atoms with Gasteiger partial charge in [-0.15, -0.1) is 0 Å². The van der Waals surface area contributed by atoms with Crippen LogP contribution in [-0.4, -0.2) is 40.6 Å². The number of hydrogen-bond donors (Lipinski definition) is 2. The molecule has 0 heterocycles. The number of hydrogen-bond acceptors (Lipinski definition) is 5. The van der Waals surface area contributed by atoms with Crippen LogP contribution in [0.4, 0.5) is 0 Å². The van der Waals surface area contributed by atoms with Crippen molar-refractivity contribution >= 4 is 15.9 Å². The Morgan fingerprint density at radius 3 is 2.36 bits per heavy atom. The first-order valence-corrected chi connectivity index (χ1v) is 10.5. The van der Waals surface area contributed by atoms with Crippen LogP contribution < -0.4 is 19.5 Å². The van der Waals surface area contributed by atoms with Crippen LogP contribution in [0, 0.1) is 0 Å². The fourth-order valence-electron chi connectivity index (χ4n) is 2.81. The van der Waals surface area contributed by atoms with E-state index in [1.54, 1.807) is 0 Å². The molecular weight excluding hydrogens is 380 g/mol. The van der Waals surface area contributed by atoms with E-state index >= 15 is 0 Å². The van der Waals surface area contributed by atoms with E-state index in [2.05, 4.69) is 10.0 Å². The summed E-state index contributed by atoms with van der Waals surface area (Å²) in [5.74, 6) is 0.400. The quantitative estimate of drug-likeness (QED) is 0.666. The average molecular weight is 404 g/mol. The maximum atomic E-state index is 12.9. The van der Waals surface area contributed by atoms with E-state index in [4.69, 9.17) is 9.47 Å². The molecule has 28 heavy (non-hydrogen) atoms. The highest BCUT2D eigenvalue weighted by Gasteiger charge is 2.31. The van der Waals surface area contributed by atoms with Gasteiger partial charge in [-0.05, 0) is 37.0 Å². The molecule has 2 aromatic carbocycles. The van der Waals surface area contributed by atoms with Crippen LogP contribution >= 0.6 is 0 Å². The Morgan fingerprint density at radius 2 is 1.75 bits per heavy atom. The molecule has 2 aromatic rings. The second-order valence-electron chi connectivity index (χ2n) is 6.66. The fourth-order valence-corrected chi connectivity index (χ4v) is 4.02. The van der Waals surface area contributed by atoms with Crippen molar-refractivity contribution in [3.05, 3.63) is 54.1 Å². The molecule has 2 N–H and O–H groups in total. The smallest absolute Gasteiger partial charge is 0.241 e. The molecule has 1 aliphatic rings. The number of rotatable bonds is 9. The number of nitrogens with one attached hydrogen (secondary N) is 2. The summed E-state index contributed by atoms with van der Waals surface area (Å²) in [7, 11) is -1.04. The Labute approximate surface area is 165 Å². The molecule has 0 aromatic heterocycles. The minimum atomic E-state index is -3.94. The molecule has 0 saturated heterocycles. The van der Waals surface area contributed by atoms with E-state index in [9.17, 15) is 13.2 Å². The molecule has 0 aliphatic heterocycles. The summed E-state index contributed by atoms with van der Waals surface area (Å²) in [4.78, 5) is 12.7. The topological polar surface area (TPSA) is 93.7 Å². The molecule has 1 saturated carbocycles. The van der Waals surface area contributed by atoms with Crippen molar-refractivity contribution in [3.63, 3.8) is 0 Å². The number of benzene rings is 2. The molecule has 1 fully saturated rings. The molecule has 8 heteroatoms. The van der Waals surface area contributed by atoms with Crippen LogP contribution in [0.25, 0.3) is 0 Å². The Balaban J connectivity index is 1.84. The van der Waals surface area contributed by atoms with Crippen molar-refractivity contribution in [2.45, 2.75) is 36.2 Å². The Bertz CT molecular complexity index is 927. The first-order valence-electron chi connectivity index (χ1n) is 9.01. The van der Waals surface area contributed by atoms with Crippen molar-refractivity contribution in [1.29, 1.82) is 0 Å². The lowest BCUT2D eigenvalue weighted by Gasteiger charge is -2.19. The lowest BCUT2D eigenvalue weighted by Crippen LogP contribution is -2.48. The Kier molecular flexibility index (Phi) is 6.21. The number of sulfonamides is 1. The molecule has 150 valence electrons. The van der Waals surface area contributed by atoms with Gasteiger partial charge >= 0.3 is 0 Å². The van der Waals surface area contributed by atoms with Crippen LogP contribution in [0.3, 0.4) is 0 Å². The number of carbonyl (C=O) groups excluding carboxylic acids is 1. The zero-order chi connectivity index (χ0) is 20.1. The fraction of sp³-hybridized carbons (Fsp3) is 0.350. The summed E-state index contributed by atoms with van der Waals surface area (Å²) in [6.07, 6.45) is 2.10. The standard InChI is InChI=1S/C20H24N2O5S/c1-26-18-11-10-16(13-19(18)27-2)28(24,25)22-17(20(23)21-15-8-9-15)12-14-6-4-3-5-7-14/h3-7,10-11,13,15,17,22H,8-9,12H2,1-2H3,(H,21,23)/t17-/m0/s1. The predicted molar refractivity (Wildman–Crippen MR) is 105 cm³/mol. The van der Waals surface area contributed by atoms with Crippen molar-refractivity contribution in [3.8, 4) is 11.5 Å². The summed E-state index contributed by atoms with van der Waals surface area (Å²) >= 11 is 0. The van der Waals surface area contributed by atoms with Gasteiger partial charge in [0, 0.05) is 12.1 Å². The van der Waals surface area contributed by atoms with Gasteiger partial charge in [-0.3, -0.25) is 4.79 Å². The van der Waals surface area contributed by atoms with Gasteiger partial charge in [-0.25, -0.2) is 8.42 Å². The summed E-state index contributed by atoms with van der Waals surface area (Å²) in [6.45, 7) is 0. The van der Waals surface area contributed by atoms with E-state index in [0.717, 1.165) is 18.4 Å². The summed E-state index contributed by atoms with van der Waals surface area (Å²) < 4.78 is 38.7. The number of ether oxygens (including phenoxy) is 2. The van der Waals surface area contributed by atoms with Gasteiger partial charge in [0.25, 0.3) is 0 Å². The van der Waals surface area contributed by atoms with E-state index < -0.39 is 16.1 Å². The highest BCUT2D eigenvalue weighted by molar-refractivity contribution is 7.89. The summed E-state index contributed by atoms with van der Waals surface area (Å²) in [6, 6.07) is 12.8. The summed E-state index contributed by atoms with van der Waals surface area (Å²) in [5.41, 5.74) is 0.869. The van der Waals surface area contributed by atoms with Crippen molar-refractivity contribution < 1.29 is 22.7 Å². The van der Waals surface area contributed by atoms with Gasteiger partial charge in [-0.2, -0.15) is 4.72 Å². The first kappa shape index (κ1) is 20.2. The van der Waals surface area contributed by atoms with Crippen molar-refractivity contribution in [1.82, 2.24) is 10.0 Å². The van der Waals surface area contributed by atoms with Gasteiger partial charge < -0.3 is 14.8 Å². The molecular formula is C20H24N2O5S. The van der Waals surface area contributed by atoms with E-state index in [0.29, 0.717) is 11.5 Å². The molecule has 1 amide bonds. The van der Waals surface area contributed by atoms with Gasteiger partial charge in [0.15, 0.2) is 11.5 Å². The lowest BCUT2D eigenvalue weighted by molar-refractivity contribution is -0.122. The number of methoxy groups -OCH3 is 2. The first-order chi connectivity index (χ1) is 13.4. The normalized spacial score (nSPS) is 14.9. The third kappa shape index (κ3) is 5.02. The maximum Gasteiger partial charge on any atom is 0.241 e. The minimum Gasteiger partial charge on any atom is -0.493 e. The maximum absolute atomic E-state index is 12.9. The number of carbonyl (C=O) groups is 1. The molecule has 0 bridgehead atoms. The second-order valence-corrected chi connectivity index (χ2v) is 8.38. The molecule has 0 unspecified atom stereocenters. The van der Waals surface area contributed by atoms with Crippen LogP contribution in [0.15, 0.2) is 53.4 Å². The van der Waals surface area contributed by atoms with Crippen molar-refractivity contribution in [2.75, 3.05) is 14.2 Å². The molecule has 0 radical (unpaired) electrons. The highest BCUT2D eigenvalue weighted by atomic mass is 32.2. The molecule has 1 aliphatic carbocycles. The van der Waals surface area contributed by atoms with Crippen molar-refractivity contribution in [2.24, 2.45) is 0 Å². The average Bonchev–Trinajstić information content (AvgIpc) is 3.51. The molecule has 0 spiro atoms. The van der Waals surface area contributed by atoms with E-state index in [-0.39, 0.29) is 23.3 Å².